The molecule has 4 rings (SSSR count). The summed E-state index contributed by atoms with van der Waals surface area (Å²) >= 11 is 0. The summed E-state index contributed by atoms with van der Waals surface area (Å²) in [6.45, 7) is 6.74. The lowest BCUT2D eigenvalue weighted by molar-refractivity contribution is 0.0992. The summed E-state index contributed by atoms with van der Waals surface area (Å²) in [6, 6.07) is 16.0. The van der Waals surface area contributed by atoms with Crippen LogP contribution in [0.15, 0.2) is 71.4 Å². The maximum atomic E-state index is 13.8. The van der Waals surface area contributed by atoms with Crippen molar-refractivity contribution in [1.82, 2.24) is 9.78 Å². The van der Waals surface area contributed by atoms with E-state index >= 15 is 0 Å². The lowest BCUT2D eigenvalue weighted by Gasteiger charge is -2.14. The molecule has 1 amide bonds. The highest BCUT2D eigenvalue weighted by Gasteiger charge is 2.14. The van der Waals surface area contributed by atoms with Crippen molar-refractivity contribution in [2.24, 2.45) is 0 Å². The Balaban J connectivity index is 1.37. The van der Waals surface area contributed by atoms with Crippen LogP contribution in [0.3, 0.4) is 0 Å². The van der Waals surface area contributed by atoms with E-state index in [0.29, 0.717) is 22.9 Å². The minimum absolute atomic E-state index is 0.170. The number of rotatable bonds is 8. The van der Waals surface area contributed by atoms with Crippen molar-refractivity contribution in [2.75, 3.05) is 5.32 Å². The molecule has 0 saturated carbocycles. The highest BCUT2D eigenvalue weighted by Crippen LogP contribution is 2.28. The third-order valence-corrected chi connectivity index (χ3v) is 5.23. The zero-order valence-electron chi connectivity index (χ0n) is 18.8. The SMILES string of the molecule is Cc1ccc(C(C)C)c(OCc2ccc(C(=O)Nc3cnn(Cc4ccccc4F)c3)o2)c1. The van der Waals surface area contributed by atoms with Crippen molar-refractivity contribution in [1.29, 1.82) is 0 Å². The molecular weight excluding hydrogens is 421 g/mol. The summed E-state index contributed by atoms with van der Waals surface area (Å²) in [4.78, 5) is 12.6. The maximum Gasteiger partial charge on any atom is 0.291 e. The number of benzene rings is 2. The molecule has 4 aromatic rings. The fourth-order valence-electron chi connectivity index (χ4n) is 3.48. The standard InChI is InChI=1S/C26H26FN3O3/c1-17(2)22-10-8-18(3)12-25(22)32-16-21-9-11-24(33-21)26(31)29-20-13-28-30(15-20)14-19-6-4-5-7-23(19)27/h4-13,15,17H,14,16H2,1-3H3,(H,29,31). The molecule has 170 valence electrons. The molecule has 0 saturated heterocycles. The molecule has 0 aliphatic rings. The van der Waals surface area contributed by atoms with Crippen molar-refractivity contribution >= 4 is 11.6 Å². The van der Waals surface area contributed by atoms with Crippen LogP contribution in [0.5, 0.6) is 5.75 Å². The molecule has 0 aliphatic heterocycles. The first kappa shape index (κ1) is 22.3. The highest BCUT2D eigenvalue weighted by atomic mass is 19.1. The molecular formula is C26H26FN3O3. The molecule has 0 radical (unpaired) electrons. The molecule has 0 atom stereocenters. The fourth-order valence-corrected chi connectivity index (χ4v) is 3.48. The molecule has 0 bridgehead atoms. The van der Waals surface area contributed by atoms with Crippen LogP contribution in [0.4, 0.5) is 10.1 Å². The number of aryl methyl sites for hydroxylation is 1. The topological polar surface area (TPSA) is 69.3 Å². The second-order valence-electron chi connectivity index (χ2n) is 8.22. The van der Waals surface area contributed by atoms with Crippen LogP contribution >= 0.6 is 0 Å². The Bertz CT molecular complexity index is 1260. The Labute approximate surface area is 192 Å². The number of hydrogen-bond donors (Lipinski definition) is 1. The lowest BCUT2D eigenvalue weighted by Crippen LogP contribution is -2.10. The first-order valence-corrected chi connectivity index (χ1v) is 10.8. The molecule has 6 nitrogen and oxygen atoms in total. The van der Waals surface area contributed by atoms with Gasteiger partial charge in [0, 0.05) is 11.8 Å². The molecule has 0 unspecified atom stereocenters. The van der Waals surface area contributed by atoms with Gasteiger partial charge in [-0.25, -0.2) is 4.39 Å². The quantitative estimate of drug-likeness (QED) is 0.364. The molecule has 0 fully saturated rings. The van der Waals surface area contributed by atoms with Crippen LogP contribution in [0, 0.1) is 12.7 Å². The van der Waals surface area contributed by atoms with E-state index in [4.69, 9.17) is 9.15 Å². The van der Waals surface area contributed by atoms with Gasteiger partial charge in [-0.3, -0.25) is 9.48 Å². The van der Waals surface area contributed by atoms with Gasteiger partial charge in [-0.05, 0) is 48.2 Å². The average Bonchev–Trinajstić information content (AvgIpc) is 3.43. The molecule has 7 heteroatoms. The van der Waals surface area contributed by atoms with E-state index in [2.05, 4.69) is 36.4 Å². The Morgan fingerprint density at radius 3 is 2.79 bits per heavy atom. The van der Waals surface area contributed by atoms with Crippen LogP contribution in [0.2, 0.25) is 0 Å². The number of nitrogens with one attached hydrogen (secondary N) is 1. The van der Waals surface area contributed by atoms with E-state index in [1.165, 1.54) is 12.3 Å². The number of amides is 1. The zero-order valence-corrected chi connectivity index (χ0v) is 18.8. The molecule has 33 heavy (non-hydrogen) atoms. The van der Waals surface area contributed by atoms with Crippen molar-refractivity contribution in [3.05, 3.63) is 101 Å². The molecule has 2 aromatic carbocycles. The zero-order chi connectivity index (χ0) is 23.4. The van der Waals surface area contributed by atoms with Gasteiger partial charge >= 0.3 is 0 Å². The molecule has 2 heterocycles. The minimum atomic E-state index is -0.398. The Morgan fingerprint density at radius 2 is 2.00 bits per heavy atom. The smallest absolute Gasteiger partial charge is 0.291 e. The van der Waals surface area contributed by atoms with Crippen LogP contribution in [0.1, 0.15) is 52.8 Å². The molecule has 1 N–H and O–H groups in total. The number of furan rings is 1. The van der Waals surface area contributed by atoms with Crippen molar-refractivity contribution in [3.8, 4) is 5.75 Å². The Morgan fingerprint density at radius 1 is 1.18 bits per heavy atom. The maximum absolute atomic E-state index is 13.8. The number of halogens is 1. The number of carbonyl (C=O) groups excluding carboxylic acids is 1. The Hall–Kier alpha value is -3.87. The third kappa shape index (κ3) is 5.49. The van der Waals surface area contributed by atoms with E-state index in [9.17, 15) is 9.18 Å². The number of anilines is 1. The van der Waals surface area contributed by atoms with Gasteiger partial charge in [0.2, 0.25) is 0 Å². The monoisotopic (exact) mass is 447 g/mol. The molecule has 2 aromatic heterocycles. The van der Waals surface area contributed by atoms with Crippen molar-refractivity contribution in [3.63, 3.8) is 0 Å². The summed E-state index contributed by atoms with van der Waals surface area (Å²) < 4.78 is 27.0. The summed E-state index contributed by atoms with van der Waals surface area (Å²) in [6.07, 6.45) is 3.15. The number of nitrogens with zero attached hydrogens (tertiary/aromatic N) is 2. The van der Waals surface area contributed by atoms with E-state index < -0.39 is 5.91 Å². The second kappa shape index (κ2) is 9.73. The van der Waals surface area contributed by atoms with Gasteiger partial charge < -0.3 is 14.5 Å². The van der Waals surface area contributed by atoms with E-state index in [0.717, 1.165) is 16.9 Å². The number of carbonyl (C=O) groups is 1. The van der Waals surface area contributed by atoms with E-state index in [1.807, 2.05) is 13.0 Å². The molecule has 0 aliphatic carbocycles. The van der Waals surface area contributed by atoms with E-state index in [-0.39, 0.29) is 24.7 Å². The predicted octanol–water partition coefficient (Wildman–Crippen LogP) is 5.93. The predicted molar refractivity (Wildman–Crippen MR) is 124 cm³/mol. The fraction of sp³-hybridized carbons (Fsp3) is 0.231. The van der Waals surface area contributed by atoms with Crippen LogP contribution in [-0.4, -0.2) is 15.7 Å². The van der Waals surface area contributed by atoms with Gasteiger partial charge in [0.05, 0.1) is 18.4 Å². The first-order valence-electron chi connectivity index (χ1n) is 10.8. The Kier molecular flexibility index (Phi) is 6.58. The largest absolute Gasteiger partial charge is 0.485 e. The van der Waals surface area contributed by atoms with Gasteiger partial charge in [0.25, 0.3) is 5.91 Å². The second-order valence-corrected chi connectivity index (χ2v) is 8.22. The molecule has 0 spiro atoms. The van der Waals surface area contributed by atoms with Gasteiger partial charge in [0.15, 0.2) is 5.76 Å². The number of hydrogen-bond acceptors (Lipinski definition) is 4. The van der Waals surface area contributed by atoms with Crippen LogP contribution in [-0.2, 0) is 13.2 Å². The van der Waals surface area contributed by atoms with Crippen LogP contribution in [0.25, 0.3) is 0 Å². The summed E-state index contributed by atoms with van der Waals surface area (Å²) in [7, 11) is 0. The highest BCUT2D eigenvalue weighted by molar-refractivity contribution is 6.02. The first-order chi connectivity index (χ1) is 15.9. The van der Waals surface area contributed by atoms with Gasteiger partial charge in [-0.2, -0.15) is 5.10 Å². The van der Waals surface area contributed by atoms with Gasteiger partial charge in [0.1, 0.15) is 23.9 Å². The lowest BCUT2D eigenvalue weighted by atomic mass is 10.0. The summed E-state index contributed by atoms with van der Waals surface area (Å²) in [5, 5.41) is 6.93. The average molecular weight is 448 g/mol. The van der Waals surface area contributed by atoms with Gasteiger partial charge in [-0.1, -0.05) is 44.2 Å². The number of aromatic nitrogens is 2. The van der Waals surface area contributed by atoms with Gasteiger partial charge in [-0.15, -0.1) is 0 Å². The van der Waals surface area contributed by atoms with Crippen molar-refractivity contribution in [2.45, 2.75) is 39.8 Å². The third-order valence-electron chi connectivity index (χ3n) is 5.23. The minimum Gasteiger partial charge on any atom is -0.485 e. The number of ether oxygens (including phenoxy) is 1. The van der Waals surface area contributed by atoms with Crippen molar-refractivity contribution < 1.29 is 18.3 Å². The van der Waals surface area contributed by atoms with E-state index in [1.54, 1.807) is 41.2 Å². The normalized spacial score (nSPS) is 11.1. The summed E-state index contributed by atoms with van der Waals surface area (Å²) in [5.74, 6) is 1.17. The summed E-state index contributed by atoms with van der Waals surface area (Å²) in [5.41, 5.74) is 3.25. The van der Waals surface area contributed by atoms with Crippen LogP contribution < -0.4 is 10.1 Å².